The SMILES string of the molecule is CC1CCN(C(CNC(=NCc2ccccc2)NCC(=O)N(C)C)c2cccs2)CC1.I. The van der Waals surface area contributed by atoms with Crippen molar-refractivity contribution in [2.45, 2.75) is 32.4 Å². The summed E-state index contributed by atoms with van der Waals surface area (Å²) in [5.41, 5.74) is 1.14. The first-order valence-electron chi connectivity index (χ1n) is 11.1. The third-order valence-corrected chi connectivity index (χ3v) is 6.74. The summed E-state index contributed by atoms with van der Waals surface area (Å²) in [5.74, 6) is 1.50. The summed E-state index contributed by atoms with van der Waals surface area (Å²) in [6.07, 6.45) is 2.48. The van der Waals surface area contributed by atoms with Gasteiger partial charge in [-0.05, 0) is 48.9 Å². The van der Waals surface area contributed by atoms with E-state index < -0.39 is 0 Å². The number of rotatable bonds is 8. The van der Waals surface area contributed by atoms with Crippen LogP contribution in [-0.4, -0.2) is 61.9 Å². The number of benzene rings is 1. The zero-order chi connectivity index (χ0) is 22.1. The smallest absolute Gasteiger partial charge is 0.241 e. The lowest BCUT2D eigenvalue weighted by Gasteiger charge is -2.36. The van der Waals surface area contributed by atoms with Crippen LogP contribution in [0.2, 0.25) is 0 Å². The lowest BCUT2D eigenvalue weighted by Crippen LogP contribution is -2.47. The number of likely N-dealkylation sites (tertiary alicyclic amines) is 1. The molecule has 1 saturated heterocycles. The fraction of sp³-hybridized carbons (Fsp3) is 0.500. The van der Waals surface area contributed by atoms with E-state index in [1.54, 1.807) is 30.3 Å². The molecule has 0 saturated carbocycles. The summed E-state index contributed by atoms with van der Waals surface area (Å²) in [6, 6.07) is 14.8. The summed E-state index contributed by atoms with van der Waals surface area (Å²) in [7, 11) is 3.53. The molecule has 0 spiro atoms. The van der Waals surface area contributed by atoms with E-state index in [4.69, 9.17) is 4.99 Å². The average Bonchev–Trinajstić information content (AvgIpc) is 3.31. The number of hydrogen-bond acceptors (Lipinski definition) is 4. The maximum absolute atomic E-state index is 12.1. The van der Waals surface area contributed by atoms with Crippen molar-refractivity contribution in [3.63, 3.8) is 0 Å². The van der Waals surface area contributed by atoms with Gasteiger partial charge in [0.1, 0.15) is 0 Å². The first-order chi connectivity index (χ1) is 15.0. The molecule has 32 heavy (non-hydrogen) atoms. The Morgan fingerprint density at radius 1 is 1.16 bits per heavy atom. The molecule has 1 atom stereocenters. The van der Waals surface area contributed by atoms with Gasteiger partial charge in [0.15, 0.2) is 5.96 Å². The summed E-state index contributed by atoms with van der Waals surface area (Å²) in [4.78, 5) is 22.4. The highest BCUT2D eigenvalue weighted by molar-refractivity contribution is 14.0. The number of nitrogens with one attached hydrogen (secondary N) is 2. The molecule has 2 heterocycles. The molecule has 0 aliphatic carbocycles. The standard InChI is InChI=1S/C24H35N5OS.HI/c1-19-11-13-29(14-12-19)21(22-10-7-15-31-22)17-26-24(27-18-23(30)28(2)3)25-16-20-8-5-4-6-9-20;/h4-10,15,19,21H,11-14,16-18H2,1-3H3,(H2,25,26,27);1H. The maximum Gasteiger partial charge on any atom is 0.241 e. The third-order valence-electron chi connectivity index (χ3n) is 5.76. The summed E-state index contributed by atoms with van der Waals surface area (Å²) >= 11 is 1.81. The number of likely N-dealkylation sites (N-methyl/N-ethyl adjacent to an activating group) is 1. The number of guanidine groups is 1. The number of carbonyl (C=O) groups excluding carboxylic acids is 1. The van der Waals surface area contributed by atoms with E-state index >= 15 is 0 Å². The van der Waals surface area contributed by atoms with Crippen molar-refractivity contribution in [1.29, 1.82) is 0 Å². The normalized spacial score (nSPS) is 16.2. The molecule has 1 aromatic heterocycles. The van der Waals surface area contributed by atoms with E-state index in [9.17, 15) is 4.79 Å². The highest BCUT2D eigenvalue weighted by Crippen LogP contribution is 2.29. The van der Waals surface area contributed by atoms with Gasteiger partial charge in [-0.2, -0.15) is 0 Å². The molecule has 1 aliphatic rings. The number of piperidine rings is 1. The molecule has 176 valence electrons. The van der Waals surface area contributed by atoms with E-state index in [1.807, 2.05) is 18.2 Å². The minimum Gasteiger partial charge on any atom is -0.354 e. The summed E-state index contributed by atoms with van der Waals surface area (Å²) in [6.45, 7) is 6.13. The monoisotopic (exact) mass is 569 g/mol. The van der Waals surface area contributed by atoms with Crippen molar-refractivity contribution in [3.8, 4) is 0 Å². The van der Waals surface area contributed by atoms with Gasteiger partial charge in [0, 0.05) is 25.5 Å². The average molecular weight is 570 g/mol. The third kappa shape index (κ3) is 8.37. The maximum atomic E-state index is 12.1. The van der Waals surface area contributed by atoms with Crippen LogP contribution in [0.3, 0.4) is 0 Å². The van der Waals surface area contributed by atoms with Gasteiger partial charge < -0.3 is 15.5 Å². The molecular formula is C24H36IN5OS. The van der Waals surface area contributed by atoms with E-state index in [-0.39, 0.29) is 36.4 Å². The van der Waals surface area contributed by atoms with E-state index in [0.717, 1.165) is 31.1 Å². The van der Waals surface area contributed by atoms with Crippen molar-refractivity contribution >= 4 is 47.2 Å². The van der Waals surface area contributed by atoms with Gasteiger partial charge in [0.05, 0.1) is 19.1 Å². The first kappa shape index (κ1) is 26.6. The van der Waals surface area contributed by atoms with Gasteiger partial charge in [0.25, 0.3) is 0 Å². The van der Waals surface area contributed by atoms with Crippen molar-refractivity contribution in [2.24, 2.45) is 10.9 Å². The van der Waals surface area contributed by atoms with E-state index in [1.165, 1.54) is 17.7 Å². The Balaban J connectivity index is 0.00000363. The first-order valence-corrected chi connectivity index (χ1v) is 11.9. The Hall–Kier alpha value is -1.65. The molecule has 6 nitrogen and oxygen atoms in total. The largest absolute Gasteiger partial charge is 0.354 e. The van der Waals surface area contributed by atoms with Crippen molar-refractivity contribution in [1.82, 2.24) is 20.4 Å². The van der Waals surface area contributed by atoms with Gasteiger partial charge in [-0.25, -0.2) is 4.99 Å². The quantitative estimate of drug-likeness (QED) is 0.287. The van der Waals surface area contributed by atoms with Crippen LogP contribution in [0.1, 0.15) is 36.2 Å². The lowest BCUT2D eigenvalue weighted by molar-refractivity contribution is -0.127. The predicted molar refractivity (Wildman–Crippen MR) is 145 cm³/mol. The van der Waals surface area contributed by atoms with Crippen LogP contribution in [0, 0.1) is 5.92 Å². The number of aliphatic imine (C=N–C) groups is 1. The van der Waals surface area contributed by atoms with Gasteiger partial charge in [-0.3, -0.25) is 9.69 Å². The molecule has 8 heteroatoms. The Morgan fingerprint density at radius 2 is 1.88 bits per heavy atom. The van der Waals surface area contributed by atoms with Crippen molar-refractivity contribution in [3.05, 3.63) is 58.3 Å². The predicted octanol–water partition coefficient (Wildman–Crippen LogP) is 3.96. The van der Waals surface area contributed by atoms with Gasteiger partial charge in [0.2, 0.25) is 5.91 Å². The van der Waals surface area contributed by atoms with Gasteiger partial charge in [-0.15, -0.1) is 35.3 Å². The number of amides is 1. The molecule has 2 N–H and O–H groups in total. The topological polar surface area (TPSA) is 60.0 Å². The highest BCUT2D eigenvalue weighted by Gasteiger charge is 2.25. The molecule has 0 bridgehead atoms. The van der Waals surface area contributed by atoms with Crippen LogP contribution >= 0.6 is 35.3 Å². The molecule has 2 aromatic rings. The minimum atomic E-state index is 0. The molecule has 1 aliphatic heterocycles. The molecule has 1 fully saturated rings. The molecular weight excluding hydrogens is 533 g/mol. The number of carbonyl (C=O) groups is 1. The second-order valence-electron chi connectivity index (χ2n) is 8.42. The van der Waals surface area contributed by atoms with Gasteiger partial charge in [-0.1, -0.05) is 43.3 Å². The fourth-order valence-corrected chi connectivity index (χ4v) is 4.53. The zero-order valence-electron chi connectivity index (χ0n) is 19.3. The molecule has 1 aromatic carbocycles. The Bertz CT molecular complexity index is 820. The summed E-state index contributed by atoms with van der Waals surface area (Å²) in [5, 5.41) is 8.87. The molecule has 1 amide bonds. The van der Waals surface area contributed by atoms with Crippen molar-refractivity contribution in [2.75, 3.05) is 40.3 Å². The Kier molecular flexibility index (Phi) is 11.5. The van der Waals surface area contributed by atoms with E-state index in [2.05, 4.69) is 52.1 Å². The van der Waals surface area contributed by atoms with Crippen LogP contribution in [0.15, 0.2) is 52.8 Å². The number of halogens is 1. The summed E-state index contributed by atoms with van der Waals surface area (Å²) < 4.78 is 0. The van der Waals surface area contributed by atoms with Crippen LogP contribution < -0.4 is 10.6 Å². The van der Waals surface area contributed by atoms with Crippen LogP contribution in [-0.2, 0) is 11.3 Å². The second-order valence-corrected chi connectivity index (χ2v) is 9.40. The Labute approximate surface area is 213 Å². The molecule has 3 rings (SSSR count). The number of nitrogens with zero attached hydrogens (tertiary/aromatic N) is 3. The van der Waals surface area contributed by atoms with Crippen LogP contribution in [0.25, 0.3) is 0 Å². The Morgan fingerprint density at radius 3 is 2.50 bits per heavy atom. The number of hydrogen-bond donors (Lipinski definition) is 2. The number of thiophene rings is 1. The highest BCUT2D eigenvalue weighted by atomic mass is 127. The fourth-order valence-electron chi connectivity index (χ4n) is 3.67. The van der Waals surface area contributed by atoms with Crippen molar-refractivity contribution < 1.29 is 4.79 Å². The molecule has 1 unspecified atom stereocenters. The molecule has 0 radical (unpaired) electrons. The lowest BCUT2D eigenvalue weighted by atomic mass is 9.97. The zero-order valence-corrected chi connectivity index (χ0v) is 22.4. The van der Waals surface area contributed by atoms with Crippen LogP contribution in [0.4, 0.5) is 0 Å². The minimum absolute atomic E-state index is 0. The van der Waals surface area contributed by atoms with Crippen LogP contribution in [0.5, 0.6) is 0 Å². The second kappa shape index (κ2) is 13.8. The van der Waals surface area contributed by atoms with E-state index in [0.29, 0.717) is 18.5 Å². The van der Waals surface area contributed by atoms with Gasteiger partial charge >= 0.3 is 0 Å².